The van der Waals surface area contributed by atoms with Crippen LogP contribution in [0.3, 0.4) is 0 Å². The van der Waals surface area contributed by atoms with Gasteiger partial charge in [0.15, 0.2) is 5.41 Å². The lowest BCUT2D eigenvalue weighted by Crippen LogP contribution is -1.92. The first-order valence-corrected chi connectivity index (χ1v) is 6.90. The van der Waals surface area contributed by atoms with Crippen LogP contribution in [0.2, 0.25) is 0 Å². The zero-order chi connectivity index (χ0) is 12.2. The quantitative estimate of drug-likeness (QED) is 0.430. The molecule has 1 heteroatoms. The summed E-state index contributed by atoms with van der Waals surface area (Å²) < 4.78 is 0. The van der Waals surface area contributed by atoms with Crippen molar-refractivity contribution in [1.82, 2.24) is 0 Å². The lowest BCUT2D eigenvalue weighted by molar-refractivity contribution is 1.54. The molecule has 1 aliphatic rings. The van der Waals surface area contributed by atoms with Gasteiger partial charge >= 0.3 is 0 Å². The fourth-order valence-corrected chi connectivity index (χ4v) is 2.76. The third-order valence-corrected chi connectivity index (χ3v) is 3.62. The summed E-state index contributed by atoms with van der Waals surface area (Å²) in [5.41, 5.74) is 5.12. The topological polar surface area (TPSA) is 0 Å². The molecule has 0 N–H and O–H groups in total. The van der Waals surface area contributed by atoms with Crippen LogP contribution in [0.15, 0.2) is 77.7 Å². The second kappa shape index (κ2) is 5.11. The largest absolute Gasteiger partial charge is 0.212 e. The van der Waals surface area contributed by atoms with E-state index in [1.165, 1.54) is 22.3 Å². The highest BCUT2D eigenvalue weighted by Crippen LogP contribution is 2.27. The van der Waals surface area contributed by atoms with Crippen molar-refractivity contribution in [3.05, 3.63) is 88.8 Å². The van der Waals surface area contributed by atoms with E-state index in [4.69, 9.17) is 0 Å². The van der Waals surface area contributed by atoms with Gasteiger partial charge in [0.05, 0.1) is 0 Å². The Morgan fingerprint density at radius 3 is 1.72 bits per heavy atom. The Labute approximate surface area is 111 Å². The summed E-state index contributed by atoms with van der Waals surface area (Å²) in [6.07, 6.45) is 2.18. The van der Waals surface area contributed by atoms with Gasteiger partial charge in [-0.15, -0.1) is 0 Å². The van der Waals surface area contributed by atoms with Crippen molar-refractivity contribution in [1.29, 1.82) is 0 Å². The van der Waals surface area contributed by atoms with Crippen LogP contribution in [0, 0.1) is 0 Å². The van der Waals surface area contributed by atoms with Crippen LogP contribution in [-0.4, -0.2) is 5.37 Å². The monoisotopic (exact) mass is 249 g/mol. The number of hydrogen-bond acceptors (Lipinski definition) is 0. The molecule has 0 bridgehead atoms. The van der Waals surface area contributed by atoms with Crippen LogP contribution in [0.1, 0.15) is 11.1 Å². The molecule has 1 aliphatic heterocycles. The van der Waals surface area contributed by atoms with Gasteiger partial charge < -0.3 is 0 Å². The first kappa shape index (κ1) is 11.1. The molecule has 0 atom stereocenters. The Morgan fingerprint density at radius 2 is 1.28 bits per heavy atom. The number of hydrogen-bond donors (Lipinski definition) is 0. The molecule has 2 aromatic carbocycles. The van der Waals surface area contributed by atoms with E-state index in [1.54, 1.807) is 11.4 Å². The molecule has 0 nitrogen and oxygen atoms in total. The first-order valence-electron chi connectivity index (χ1n) is 5.95. The zero-order valence-electron chi connectivity index (χ0n) is 9.91. The van der Waals surface area contributed by atoms with Crippen molar-refractivity contribution in [2.75, 3.05) is 0 Å². The van der Waals surface area contributed by atoms with Crippen molar-refractivity contribution in [2.24, 2.45) is 0 Å². The Kier molecular flexibility index (Phi) is 3.16. The van der Waals surface area contributed by atoms with Gasteiger partial charge in [-0.3, -0.25) is 0 Å². The Balaban J connectivity index is 2.21. The van der Waals surface area contributed by atoms with E-state index in [1.807, 2.05) is 0 Å². The SMILES string of the molecule is C1=CC(=C(c2ccccc2)c2ccccc2)C=[S+]1. The predicted molar refractivity (Wildman–Crippen MR) is 81.5 cm³/mol. The summed E-state index contributed by atoms with van der Waals surface area (Å²) in [4.78, 5) is 0. The zero-order valence-corrected chi connectivity index (χ0v) is 10.7. The van der Waals surface area contributed by atoms with Gasteiger partial charge in [0.2, 0.25) is 16.7 Å². The molecule has 18 heavy (non-hydrogen) atoms. The summed E-state index contributed by atoms with van der Waals surface area (Å²) in [5, 5.41) is 4.33. The van der Waals surface area contributed by atoms with Crippen LogP contribution in [0.4, 0.5) is 0 Å². The van der Waals surface area contributed by atoms with E-state index in [2.05, 4.69) is 77.5 Å². The van der Waals surface area contributed by atoms with Crippen molar-refractivity contribution in [3.63, 3.8) is 0 Å². The fraction of sp³-hybridized carbons (Fsp3) is 0. The summed E-state index contributed by atoms with van der Waals surface area (Å²) in [5.74, 6) is 0. The van der Waals surface area contributed by atoms with E-state index < -0.39 is 0 Å². The van der Waals surface area contributed by atoms with Crippen LogP contribution in [0.5, 0.6) is 0 Å². The summed E-state index contributed by atoms with van der Waals surface area (Å²) >= 11 is 1.74. The van der Waals surface area contributed by atoms with E-state index >= 15 is 0 Å². The van der Waals surface area contributed by atoms with E-state index in [9.17, 15) is 0 Å². The lowest BCUT2D eigenvalue weighted by Gasteiger charge is -2.09. The molecule has 3 rings (SSSR count). The molecule has 0 radical (unpaired) electrons. The lowest BCUT2D eigenvalue weighted by atomic mass is 9.94. The number of allylic oxidation sites excluding steroid dienone is 2. The third-order valence-electron chi connectivity index (χ3n) is 2.93. The highest BCUT2D eigenvalue weighted by atomic mass is 32.1. The average Bonchev–Trinajstić information content (AvgIpc) is 2.95. The van der Waals surface area contributed by atoms with Gasteiger partial charge in [0.1, 0.15) is 0 Å². The number of benzene rings is 2. The first-order chi connectivity index (χ1) is 8.95. The van der Waals surface area contributed by atoms with Gasteiger partial charge in [-0.25, -0.2) is 0 Å². The van der Waals surface area contributed by atoms with Gasteiger partial charge in [0, 0.05) is 17.2 Å². The van der Waals surface area contributed by atoms with Crippen molar-refractivity contribution in [2.45, 2.75) is 0 Å². The minimum absolute atomic E-state index is 1.27. The van der Waals surface area contributed by atoms with Crippen molar-refractivity contribution >= 4 is 22.3 Å². The maximum atomic E-state index is 2.20. The number of rotatable bonds is 2. The van der Waals surface area contributed by atoms with Crippen LogP contribution in [0.25, 0.3) is 5.57 Å². The highest BCUT2D eigenvalue weighted by Gasteiger charge is 2.14. The maximum Gasteiger partial charge on any atom is 0.212 e. The van der Waals surface area contributed by atoms with Gasteiger partial charge in [0.25, 0.3) is 0 Å². The van der Waals surface area contributed by atoms with Gasteiger partial charge in [-0.2, -0.15) is 0 Å². The fourth-order valence-electron chi connectivity index (χ4n) is 2.12. The molecule has 1 heterocycles. The summed E-state index contributed by atoms with van der Waals surface area (Å²) in [7, 11) is 0. The van der Waals surface area contributed by atoms with Gasteiger partial charge in [-0.1, -0.05) is 60.7 Å². The second-order valence-electron chi connectivity index (χ2n) is 4.12. The normalized spacial score (nSPS) is 13.0. The molecule has 0 spiro atoms. The standard InChI is InChI=1S/C17H13S/c1-3-7-14(8-4-1)17(16-11-12-18-13-16)15-9-5-2-6-10-15/h1-13H/q+1. The highest BCUT2D eigenvalue weighted by molar-refractivity contribution is 7.81. The molecular formula is C17H13S+. The third kappa shape index (κ3) is 2.18. The van der Waals surface area contributed by atoms with Crippen LogP contribution in [-0.2, 0) is 11.4 Å². The van der Waals surface area contributed by atoms with Gasteiger partial charge in [-0.05, 0) is 11.1 Å². The van der Waals surface area contributed by atoms with Crippen molar-refractivity contribution < 1.29 is 0 Å². The minimum atomic E-state index is 1.27. The summed E-state index contributed by atoms with van der Waals surface area (Å²) in [6.45, 7) is 0. The summed E-state index contributed by atoms with van der Waals surface area (Å²) in [6, 6.07) is 21.1. The molecular weight excluding hydrogens is 236 g/mol. The Morgan fingerprint density at radius 1 is 0.722 bits per heavy atom. The molecule has 0 amide bonds. The smallest absolute Gasteiger partial charge is 0.0622 e. The second-order valence-corrected chi connectivity index (χ2v) is 4.90. The van der Waals surface area contributed by atoms with E-state index in [-0.39, 0.29) is 0 Å². The van der Waals surface area contributed by atoms with Crippen LogP contribution < -0.4 is 0 Å². The molecule has 0 fully saturated rings. The maximum absolute atomic E-state index is 2.20. The molecule has 2 aromatic rings. The Bertz CT molecular complexity index is 564. The minimum Gasteiger partial charge on any atom is -0.0622 e. The van der Waals surface area contributed by atoms with Crippen LogP contribution >= 0.6 is 0 Å². The van der Waals surface area contributed by atoms with Crippen molar-refractivity contribution in [3.8, 4) is 0 Å². The molecule has 0 saturated carbocycles. The van der Waals surface area contributed by atoms with E-state index in [0.29, 0.717) is 0 Å². The van der Waals surface area contributed by atoms with E-state index in [0.717, 1.165) is 0 Å². The molecule has 0 aromatic heterocycles. The molecule has 0 aliphatic carbocycles. The molecule has 0 saturated heterocycles. The Hall–Kier alpha value is -1.99. The molecule has 0 unspecified atom stereocenters. The average molecular weight is 249 g/mol. The molecule has 86 valence electrons. The predicted octanol–water partition coefficient (Wildman–Crippen LogP) is 3.90.